The van der Waals surface area contributed by atoms with Crippen molar-refractivity contribution in [2.75, 3.05) is 0 Å². The quantitative estimate of drug-likeness (QED) is 0.687. The van der Waals surface area contributed by atoms with E-state index in [1.54, 1.807) is 0 Å². The Morgan fingerprint density at radius 2 is 1.92 bits per heavy atom. The van der Waals surface area contributed by atoms with E-state index in [9.17, 15) is 22.8 Å². The standard InChI is InChI=1S/C6H9F3N2O2/c1-2-3(6(7,8)9)4(12)11-5(10)13/h3H,2H2,1H3,(H3,10,11,12,13). The summed E-state index contributed by atoms with van der Waals surface area (Å²) in [6, 6.07) is -1.28. The second-order valence-corrected chi connectivity index (χ2v) is 2.36. The van der Waals surface area contributed by atoms with Crippen molar-refractivity contribution < 1.29 is 22.8 Å². The summed E-state index contributed by atoms with van der Waals surface area (Å²) < 4.78 is 36.0. The number of nitrogens with one attached hydrogen (secondary N) is 1. The van der Waals surface area contributed by atoms with Crippen molar-refractivity contribution in [1.29, 1.82) is 0 Å². The Morgan fingerprint density at radius 3 is 2.15 bits per heavy atom. The van der Waals surface area contributed by atoms with Crippen LogP contribution in [0.15, 0.2) is 0 Å². The zero-order valence-electron chi connectivity index (χ0n) is 6.81. The van der Waals surface area contributed by atoms with Gasteiger partial charge in [-0.2, -0.15) is 13.2 Å². The maximum Gasteiger partial charge on any atom is 0.400 e. The Balaban J connectivity index is 4.42. The largest absolute Gasteiger partial charge is 0.400 e. The molecule has 4 nitrogen and oxygen atoms in total. The molecule has 0 aliphatic heterocycles. The fourth-order valence-corrected chi connectivity index (χ4v) is 0.774. The SMILES string of the molecule is CCC(C(=O)NC(N)=O)C(F)(F)F. The van der Waals surface area contributed by atoms with Gasteiger partial charge in [0.2, 0.25) is 5.91 Å². The van der Waals surface area contributed by atoms with Crippen LogP contribution in [0.25, 0.3) is 0 Å². The first-order chi connectivity index (χ1) is 5.79. The second-order valence-electron chi connectivity index (χ2n) is 2.36. The van der Waals surface area contributed by atoms with Crippen molar-refractivity contribution in [1.82, 2.24) is 5.32 Å². The monoisotopic (exact) mass is 198 g/mol. The Kier molecular flexibility index (Phi) is 3.70. The van der Waals surface area contributed by atoms with Crippen molar-refractivity contribution in [2.45, 2.75) is 19.5 Å². The molecule has 0 spiro atoms. The van der Waals surface area contributed by atoms with E-state index < -0.39 is 30.5 Å². The average Bonchev–Trinajstić information content (AvgIpc) is 1.82. The van der Waals surface area contributed by atoms with Gasteiger partial charge in [0.25, 0.3) is 0 Å². The van der Waals surface area contributed by atoms with Gasteiger partial charge in [-0.1, -0.05) is 6.92 Å². The number of rotatable bonds is 2. The van der Waals surface area contributed by atoms with Gasteiger partial charge in [-0.15, -0.1) is 0 Å². The number of urea groups is 1. The third kappa shape index (κ3) is 3.77. The van der Waals surface area contributed by atoms with E-state index in [2.05, 4.69) is 5.73 Å². The number of imide groups is 1. The molecule has 0 saturated carbocycles. The summed E-state index contributed by atoms with van der Waals surface area (Å²) in [5, 5.41) is 1.38. The van der Waals surface area contributed by atoms with Crippen LogP contribution < -0.4 is 11.1 Å². The maximum absolute atomic E-state index is 12.0. The van der Waals surface area contributed by atoms with Gasteiger partial charge in [0.05, 0.1) is 0 Å². The molecule has 3 N–H and O–H groups in total. The predicted molar refractivity (Wildman–Crippen MR) is 37.6 cm³/mol. The summed E-state index contributed by atoms with van der Waals surface area (Å²) in [6.07, 6.45) is -5.07. The van der Waals surface area contributed by atoms with Gasteiger partial charge in [-0.3, -0.25) is 10.1 Å². The molecule has 0 saturated heterocycles. The number of alkyl halides is 3. The minimum absolute atomic E-state index is 0.428. The van der Waals surface area contributed by atoms with Gasteiger partial charge in [0.1, 0.15) is 5.92 Å². The van der Waals surface area contributed by atoms with E-state index in [1.165, 1.54) is 12.2 Å². The van der Waals surface area contributed by atoms with Gasteiger partial charge in [0, 0.05) is 0 Å². The van der Waals surface area contributed by atoms with Gasteiger partial charge < -0.3 is 5.73 Å². The Bertz CT molecular complexity index is 214. The Labute approximate surface area is 72.3 Å². The molecule has 0 aromatic heterocycles. The smallest absolute Gasteiger partial charge is 0.351 e. The third-order valence-corrected chi connectivity index (χ3v) is 1.37. The Hall–Kier alpha value is -1.27. The number of hydrogen-bond donors (Lipinski definition) is 2. The van der Waals surface area contributed by atoms with Crippen molar-refractivity contribution in [3.05, 3.63) is 0 Å². The zero-order chi connectivity index (χ0) is 10.6. The van der Waals surface area contributed by atoms with Crippen LogP contribution >= 0.6 is 0 Å². The lowest BCUT2D eigenvalue weighted by molar-refractivity contribution is -0.182. The summed E-state index contributed by atoms with van der Waals surface area (Å²) in [7, 11) is 0. The molecular formula is C6H9F3N2O2. The lowest BCUT2D eigenvalue weighted by atomic mass is 10.1. The number of amides is 3. The summed E-state index contributed by atoms with van der Waals surface area (Å²) in [5.74, 6) is -3.59. The van der Waals surface area contributed by atoms with Crippen molar-refractivity contribution in [2.24, 2.45) is 11.7 Å². The predicted octanol–water partition coefficient (Wildman–Crippen LogP) is 0.770. The molecular weight excluding hydrogens is 189 g/mol. The first kappa shape index (κ1) is 11.7. The molecule has 76 valence electrons. The van der Waals surface area contributed by atoms with E-state index in [4.69, 9.17) is 0 Å². The Morgan fingerprint density at radius 1 is 1.46 bits per heavy atom. The molecule has 0 aromatic carbocycles. The van der Waals surface area contributed by atoms with Crippen LogP contribution in [0.1, 0.15) is 13.3 Å². The van der Waals surface area contributed by atoms with Crippen LogP contribution in [0.4, 0.5) is 18.0 Å². The molecule has 0 fully saturated rings. The van der Waals surface area contributed by atoms with E-state index in [0.717, 1.165) is 0 Å². The fraction of sp³-hybridized carbons (Fsp3) is 0.667. The molecule has 0 rings (SSSR count). The summed E-state index contributed by atoms with van der Waals surface area (Å²) in [4.78, 5) is 20.8. The first-order valence-corrected chi connectivity index (χ1v) is 3.46. The minimum Gasteiger partial charge on any atom is -0.351 e. The van der Waals surface area contributed by atoms with Gasteiger partial charge in [-0.25, -0.2) is 4.79 Å². The summed E-state index contributed by atoms with van der Waals surface area (Å²) in [5.41, 5.74) is 4.49. The zero-order valence-corrected chi connectivity index (χ0v) is 6.81. The van der Waals surface area contributed by atoms with Crippen LogP contribution in [0.2, 0.25) is 0 Å². The van der Waals surface area contributed by atoms with Crippen molar-refractivity contribution in [3.63, 3.8) is 0 Å². The lowest BCUT2D eigenvalue weighted by Crippen LogP contribution is -2.43. The molecule has 0 aliphatic rings. The van der Waals surface area contributed by atoms with Crippen molar-refractivity contribution >= 4 is 11.9 Å². The topological polar surface area (TPSA) is 72.2 Å². The van der Waals surface area contributed by atoms with Gasteiger partial charge in [-0.05, 0) is 6.42 Å². The van der Waals surface area contributed by atoms with Crippen LogP contribution in [-0.4, -0.2) is 18.1 Å². The number of halogens is 3. The molecule has 13 heavy (non-hydrogen) atoms. The van der Waals surface area contributed by atoms with E-state index in [1.807, 2.05) is 0 Å². The number of hydrogen-bond acceptors (Lipinski definition) is 2. The molecule has 0 aromatic rings. The third-order valence-electron chi connectivity index (χ3n) is 1.37. The van der Waals surface area contributed by atoms with E-state index >= 15 is 0 Å². The lowest BCUT2D eigenvalue weighted by Gasteiger charge is -2.16. The molecule has 0 heterocycles. The normalized spacial score (nSPS) is 13.5. The average molecular weight is 198 g/mol. The maximum atomic E-state index is 12.0. The van der Waals surface area contributed by atoms with Crippen LogP contribution in [0, 0.1) is 5.92 Å². The second kappa shape index (κ2) is 4.11. The molecule has 1 atom stereocenters. The number of carbonyl (C=O) groups is 2. The highest BCUT2D eigenvalue weighted by molar-refractivity contribution is 5.94. The highest BCUT2D eigenvalue weighted by Gasteiger charge is 2.43. The summed E-state index contributed by atoms with van der Waals surface area (Å²) in [6.45, 7) is 1.19. The first-order valence-electron chi connectivity index (χ1n) is 3.46. The fourth-order valence-electron chi connectivity index (χ4n) is 0.774. The molecule has 3 amide bonds. The minimum atomic E-state index is -4.64. The molecule has 0 aliphatic carbocycles. The van der Waals surface area contributed by atoms with Gasteiger partial charge in [0.15, 0.2) is 0 Å². The highest BCUT2D eigenvalue weighted by Crippen LogP contribution is 2.28. The van der Waals surface area contributed by atoms with Crippen molar-refractivity contribution in [3.8, 4) is 0 Å². The molecule has 0 radical (unpaired) electrons. The van der Waals surface area contributed by atoms with E-state index in [0.29, 0.717) is 0 Å². The number of carbonyl (C=O) groups excluding carboxylic acids is 2. The molecule has 0 bridgehead atoms. The molecule has 1 unspecified atom stereocenters. The molecule has 7 heteroatoms. The van der Waals surface area contributed by atoms with Crippen LogP contribution in [0.5, 0.6) is 0 Å². The van der Waals surface area contributed by atoms with Gasteiger partial charge >= 0.3 is 12.2 Å². The number of primary amides is 1. The van der Waals surface area contributed by atoms with E-state index in [-0.39, 0.29) is 0 Å². The summed E-state index contributed by atoms with van der Waals surface area (Å²) >= 11 is 0. The highest BCUT2D eigenvalue weighted by atomic mass is 19.4. The van der Waals surface area contributed by atoms with Crippen LogP contribution in [0.3, 0.4) is 0 Å². The van der Waals surface area contributed by atoms with Crippen LogP contribution in [-0.2, 0) is 4.79 Å². The number of nitrogens with two attached hydrogens (primary N) is 1.